The van der Waals surface area contributed by atoms with Crippen LogP contribution in [0.1, 0.15) is 44.6 Å². The summed E-state index contributed by atoms with van der Waals surface area (Å²) in [5.74, 6) is 0.594. The Kier molecular flexibility index (Phi) is 4.54. The van der Waals surface area contributed by atoms with Gasteiger partial charge in [0, 0.05) is 48.6 Å². The van der Waals surface area contributed by atoms with E-state index in [9.17, 15) is 5.11 Å². The maximum atomic E-state index is 10.5. The van der Waals surface area contributed by atoms with Crippen LogP contribution in [0.25, 0.3) is 17.0 Å². The molecule has 0 amide bonds. The highest BCUT2D eigenvalue weighted by Crippen LogP contribution is 2.44. The van der Waals surface area contributed by atoms with Crippen molar-refractivity contribution in [3.05, 3.63) is 36.0 Å². The Hall–Kier alpha value is -2.80. The van der Waals surface area contributed by atoms with Crippen molar-refractivity contribution in [2.45, 2.75) is 56.7 Å². The molecule has 1 saturated heterocycles. The minimum absolute atomic E-state index is 0.0770. The number of aromatic hydroxyl groups is 1. The van der Waals surface area contributed by atoms with E-state index in [0.717, 1.165) is 36.9 Å². The van der Waals surface area contributed by atoms with Gasteiger partial charge in [-0.15, -0.1) is 10.2 Å². The number of dihydropyridines is 1. The third-order valence-electron chi connectivity index (χ3n) is 5.86. The largest absolute Gasteiger partial charge is 0.506 e. The van der Waals surface area contributed by atoms with Crippen LogP contribution in [0, 0.1) is 0 Å². The summed E-state index contributed by atoms with van der Waals surface area (Å²) < 4.78 is 6.10. The molecule has 5 rings (SSSR count). The number of nitrogens with zero attached hydrogens (tertiary/aromatic N) is 4. The third kappa shape index (κ3) is 3.87. The van der Waals surface area contributed by atoms with Gasteiger partial charge in [-0.3, -0.25) is 4.99 Å². The molecule has 2 atom stereocenters. The lowest BCUT2D eigenvalue weighted by Crippen LogP contribution is -2.49. The molecule has 3 aliphatic rings. The summed E-state index contributed by atoms with van der Waals surface area (Å²) in [5.41, 5.74) is 3.03. The second-order valence-corrected chi connectivity index (χ2v) is 8.34. The maximum absolute atomic E-state index is 10.5. The van der Waals surface area contributed by atoms with E-state index >= 15 is 0 Å². The van der Waals surface area contributed by atoms with Crippen LogP contribution in [0.3, 0.4) is 0 Å². The summed E-state index contributed by atoms with van der Waals surface area (Å²) in [5, 5.41) is 22.6. The Morgan fingerprint density at radius 3 is 2.83 bits per heavy atom. The fourth-order valence-electron chi connectivity index (χ4n) is 4.33. The molecular formula is C22H25N5O2. The van der Waals surface area contributed by atoms with Gasteiger partial charge in [0.15, 0.2) is 0 Å². The van der Waals surface area contributed by atoms with Gasteiger partial charge in [0.25, 0.3) is 0 Å². The normalized spacial score (nSPS) is 24.9. The van der Waals surface area contributed by atoms with E-state index in [4.69, 9.17) is 4.74 Å². The van der Waals surface area contributed by atoms with Crippen LogP contribution in [-0.2, 0) is 0 Å². The lowest BCUT2D eigenvalue weighted by atomic mass is 9.95. The van der Waals surface area contributed by atoms with Crippen molar-refractivity contribution in [1.82, 2.24) is 20.5 Å². The molecule has 2 aliphatic heterocycles. The second-order valence-electron chi connectivity index (χ2n) is 8.34. The lowest BCUT2D eigenvalue weighted by molar-refractivity contribution is 0.106. The standard InChI is InChI=1S/C22H25N5O2/c1-14-9-17(11-22(25-14)6-7-22)29-20-5-4-18(26-27-20)21-19(28)10-16(13-24-21)15-3-2-8-23-12-15/h3-5,10,12-14,17,25,28H,2,6-9,11H2,1H3/t14-,17+/m0/s1. The van der Waals surface area contributed by atoms with Gasteiger partial charge < -0.3 is 15.2 Å². The fraction of sp³-hybridized carbons (Fsp3) is 0.455. The van der Waals surface area contributed by atoms with Crippen molar-refractivity contribution in [3.63, 3.8) is 0 Å². The average Bonchev–Trinajstić information content (AvgIpc) is 3.46. The molecule has 4 heterocycles. The molecule has 2 fully saturated rings. The van der Waals surface area contributed by atoms with E-state index in [2.05, 4.69) is 38.5 Å². The van der Waals surface area contributed by atoms with Crippen LogP contribution in [-0.4, -0.2) is 50.7 Å². The lowest BCUT2D eigenvalue weighted by Gasteiger charge is -2.34. The molecule has 0 aromatic carbocycles. The molecule has 0 bridgehead atoms. The Bertz CT molecular complexity index is 966. The summed E-state index contributed by atoms with van der Waals surface area (Å²) in [6.07, 6.45) is 11.1. The second kappa shape index (κ2) is 7.22. The summed E-state index contributed by atoms with van der Waals surface area (Å²) in [6.45, 7) is 3.01. The van der Waals surface area contributed by atoms with Crippen LogP contribution >= 0.6 is 0 Å². The van der Waals surface area contributed by atoms with Gasteiger partial charge in [-0.2, -0.15) is 0 Å². The highest BCUT2D eigenvalue weighted by molar-refractivity contribution is 6.10. The number of piperidine rings is 1. The highest BCUT2D eigenvalue weighted by atomic mass is 16.5. The molecule has 0 radical (unpaired) electrons. The van der Waals surface area contributed by atoms with Gasteiger partial charge >= 0.3 is 0 Å². The molecule has 1 aliphatic carbocycles. The Balaban J connectivity index is 1.30. The molecule has 150 valence electrons. The van der Waals surface area contributed by atoms with Gasteiger partial charge in [0.2, 0.25) is 5.88 Å². The van der Waals surface area contributed by atoms with E-state index in [-0.39, 0.29) is 17.4 Å². The van der Waals surface area contributed by atoms with E-state index in [1.54, 1.807) is 24.4 Å². The SMILES string of the molecule is C[C@H]1C[C@@H](Oc2ccc(-c3ncc(C4=CCCN=C4)cc3O)nn2)CC2(CC2)N1. The first-order valence-corrected chi connectivity index (χ1v) is 10.3. The Labute approximate surface area is 170 Å². The molecule has 0 unspecified atom stereocenters. The van der Waals surface area contributed by atoms with Crippen molar-refractivity contribution in [1.29, 1.82) is 0 Å². The zero-order valence-corrected chi connectivity index (χ0v) is 16.5. The third-order valence-corrected chi connectivity index (χ3v) is 5.86. The van der Waals surface area contributed by atoms with Crippen LogP contribution in [0.2, 0.25) is 0 Å². The number of aromatic nitrogens is 3. The molecule has 2 aromatic heterocycles. The molecule has 7 nitrogen and oxygen atoms in total. The predicted octanol–water partition coefficient (Wildman–Crippen LogP) is 3.15. The molecular weight excluding hydrogens is 366 g/mol. The smallest absolute Gasteiger partial charge is 0.233 e. The molecule has 1 spiro atoms. The number of ether oxygens (including phenoxy) is 1. The van der Waals surface area contributed by atoms with Crippen molar-refractivity contribution in [2.24, 2.45) is 4.99 Å². The van der Waals surface area contributed by atoms with Gasteiger partial charge in [0.05, 0.1) is 0 Å². The zero-order valence-electron chi connectivity index (χ0n) is 16.5. The first kappa shape index (κ1) is 18.2. The number of hydrogen-bond acceptors (Lipinski definition) is 7. The first-order chi connectivity index (χ1) is 14.1. The molecule has 2 aromatic rings. The van der Waals surface area contributed by atoms with Crippen LogP contribution < -0.4 is 10.1 Å². The maximum Gasteiger partial charge on any atom is 0.233 e. The summed E-state index contributed by atoms with van der Waals surface area (Å²) in [6, 6.07) is 5.75. The monoisotopic (exact) mass is 391 g/mol. The van der Waals surface area contributed by atoms with E-state index in [1.807, 2.05) is 6.21 Å². The summed E-state index contributed by atoms with van der Waals surface area (Å²) >= 11 is 0. The van der Waals surface area contributed by atoms with E-state index in [0.29, 0.717) is 23.3 Å². The van der Waals surface area contributed by atoms with Crippen LogP contribution in [0.15, 0.2) is 35.5 Å². The molecule has 1 saturated carbocycles. The summed E-state index contributed by atoms with van der Waals surface area (Å²) in [7, 11) is 0. The van der Waals surface area contributed by atoms with E-state index in [1.165, 1.54) is 12.8 Å². The number of hydrogen-bond donors (Lipinski definition) is 2. The van der Waals surface area contributed by atoms with Crippen molar-refractivity contribution in [3.8, 4) is 23.0 Å². The Morgan fingerprint density at radius 1 is 1.24 bits per heavy atom. The van der Waals surface area contributed by atoms with Crippen molar-refractivity contribution in [2.75, 3.05) is 6.54 Å². The predicted molar refractivity (Wildman–Crippen MR) is 111 cm³/mol. The Morgan fingerprint density at radius 2 is 2.14 bits per heavy atom. The number of pyridine rings is 1. The number of rotatable bonds is 4. The van der Waals surface area contributed by atoms with Crippen LogP contribution in [0.4, 0.5) is 0 Å². The molecule has 7 heteroatoms. The van der Waals surface area contributed by atoms with Gasteiger partial charge in [-0.05, 0) is 50.3 Å². The van der Waals surface area contributed by atoms with Gasteiger partial charge in [-0.25, -0.2) is 4.98 Å². The van der Waals surface area contributed by atoms with Crippen molar-refractivity contribution < 1.29 is 9.84 Å². The van der Waals surface area contributed by atoms with E-state index < -0.39 is 0 Å². The first-order valence-electron chi connectivity index (χ1n) is 10.3. The number of allylic oxidation sites excluding steroid dienone is 1. The summed E-state index contributed by atoms with van der Waals surface area (Å²) in [4.78, 5) is 8.68. The quantitative estimate of drug-likeness (QED) is 0.832. The van der Waals surface area contributed by atoms with Crippen molar-refractivity contribution >= 4 is 11.8 Å². The highest BCUT2D eigenvalue weighted by Gasteiger charge is 2.48. The minimum atomic E-state index is 0.0770. The topological polar surface area (TPSA) is 92.5 Å². The molecule has 29 heavy (non-hydrogen) atoms. The number of aliphatic imine (C=N–C) groups is 1. The van der Waals surface area contributed by atoms with Gasteiger partial charge in [-0.1, -0.05) is 6.08 Å². The minimum Gasteiger partial charge on any atom is -0.506 e. The molecule has 2 N–H and O–H groups in total. The average molecular weight is 391 g/mol. The zero-order chi connectivity index (χ0) is 19.8. The number of nitrogens with one attached hydrogen (secondary N) is 1. The van der Waals surface area contributed by atoms with Gasteiger partial charge in [0.1, 0.15) is 23.2 Å². The fourth-order valence-corrected chi connectivity index (χ4v) is 4.33. The van der Waals surface area contributed by atoms with Crippen LogP contribution in [0.5, 0.6) is 11.6 Å².